The topological polar surface area (TPSA) is 44.8 Å². The van der Waals surface area contributed by atoms with Crippen LogP contribution >= 0.6 is 0 Å². The van der Waals surface area contributed by atoms with Crippen molar-refractivity contribution in [2.45, 2.75) is 6.92 Å². The standard InChI is InChI=1S/C25H27N3O2/c1-2-27-15-17-28(18-16-27)24-14-7-6-13-23(24)26-25(29)20-9-8-12-22(19-20)30-21-10-4-3-5-11-21/h3-14,19H,2,15-18H2,1H3,(H,26,29). The van der Waals surface area contributed by atoms with Crippen molar-refractivity contribution in [1.29, 1.82) is 0 Å². The number of hydrogen-bond donors (Lipinski definition) is 1. The third kappa shape index (κ3) is 4.81. The summed E-state index contributed by atoms with van der Waals surface area (Å²) in [5.41, 5.74) is 2.47. The van der Waals surface area contributed by atoms with Crippen molar-refractivity contribution in [2.24, 2.45) is 0 Å². The Labute approximate surface area is 177 Å². The predicted octanol–water partition coefficient (Wildman–Crippen LogP) is 4.87. The number of carbonyl (C=O) groups is 1. The molecule has 0 aromatic heterocycles. The van der Waals surface area contributed by atoms with Crippen LogP contribution in [-0.2, 0) is 0 Å². The lowest BCUT2D eigenvalue weighted by molar-refractivity contribution is 0.102. The van der Waals surface area contributed by atoms with Crippen LogP contribution in [0.5, 0.6) is 11.5 Å². The average Bonchev–Trinajstić information content (AvgIpc) is 2.80. The first-order chi connectivity index (χ1) is 14.7. The summed E-state index contributed by atoms with van der Waals surface area (Å²) in [6.07, 6.45) is 0. The van der Waals surface area contributed by atoms with Crippen molar-refractivity contribution >= 4 is 17.3 Å². The molecule has 3 aromatic carbocycles. The number of ether oxygens (including phenoxy) is 1. The lowest BCUT2D eigenvalue weighted by atomic mass is 10.1. The van der Waals surface area contributed by atoms with Gasteiger partial charge in [-0.1, -0.05) is 43.3 Å². The maximum Gasteiger partial charge on any atom is 0.255 e. The van der Waals surface area contributed by atoms with Gasteiger partial charge in [0.15, 0.2) is 0 Å². The van der Waals surface area contributed by atoms with Gasteiger partial charge in [0.1, 0.15) is 11.5 Å². The number of hydrogen-bond acceptors (Lipinski definition) is 4. The number of benzene rings is 3. The summed E-state index contributed by atoms with van der Waals surface area (Å²) in [6, 6.07) is 24.8. The second-order valence-corrected chi connectivity index (χ2v) is 7.34. The lowest BCUT2D eigenvalue weighted by Gasteiger charge is -2.36. The molecule has 0 unspecified atom stereocenters. The zero-order valence-corrected chi connectivity index (χ0v) is 17.3. The number of nitrogens with one attached hydrogen (secondary N) is 1. The van der Waals surface area contributed by atoms with Crippen LogP contribution in [0, 0.1) is 0 Å². The van der Waals surface area contributed by atoms with Crippen LogP contribution in [0.2, 0.25) is 0 Å². The molecular weight excluding hydrogens is 374 g/mol. The average molecular weight is 402 g/mol. The van der Waals surface area contributed by atoms with E-state index in [-0.39, 0.29) is 5.91 Å². The summed E-state index contributed by atoms with van der Waals surface area (Å²) in [4.78, 5) is 17.7. The zero-order chi connectivity index (χ0) is 20.8. The van der Waals surface area contributed by atoms with Crippen LogP contribution in [0.15, 0.2) is 78.9 Å². The molecule has 1 saturated heterocycles. The molecule has 4 rings (SSSR count). The predicted molar refractivity (Wildman–Crippen MR) is 122 cm³/mol. The minimum atomic E-state index is -0.145. The molecule has 0 aliphatic carbocycles. The number of anilines is 2. The second kappa shape index (κ2) is 9.46. The molecule has 154 valence electrons. The van der Waals surface area contributed by atoms with E-state index in [4.69, 9.17) is 4.74 Å². The highest BCUT2D eigenvalue weighted by Crippen LogP contribution is 2.28. The van der Waals surface area contributed by atoms with E-state index in [1.54, 1.807) is 12.1 Å². The molecule has 1 fully saturated rings. The Morgan fingerprint density at radius 1 is 0.867 bits per heavy atom. The minimum Gasteiger partial charge on any atom is -0.457 e. The smallest absolute Gasteiger partial charge is 0.255 e. The monoisotopic (exact) mass is 401 g/mol. The molecule has 0 bridgehead atoms. The largest absolute Gasteiger partial charge is 0.457 e. The van der Waals surface area contributed by atoms with Crippen LogP contribution < -0.4 is 15.0 Å². The summed E-state index contributed by atoms with van der Waals surface area (Å²) in [6.45, 7) is 7.27. The molecule has 5 nitrogen and oxygen atoms in total. The van der Waals surface area contributed by atoms with Crippen molar-refractivity contribution in [1.82, 2.24) is 4.90 Å². The number of para-hydroxylation sites is 3. The SMILES string of the molecule is CCN1CCN(c2ccccc2NC(=O)c2cccc(Oc3ccccc3)c2)CC1. The molecule has 1 amide bonds. The molecule has 30 heavy (non-hydrogen) atoms. The Morgan fingerprint density at radius 2 is 1.57 bits per heavy atom. The molecular formula is C25H27N3O2. The van der Waals surface area contributed by atoms with E-state index in [2.05, 4.69) is 28.1 Å². The lowest BCUT2D eigenvalue weighted by Crippen LogP contribution is -2.46. The Balaban J connectivity index is 1.48. The Bertz CT molecular complexity index is 982. The molecule has 0 spiro atoms. The van der Waals surface area contributed by atoms with Crippen LogP contribution in [0.25, 0.3) is 0 Å². The molecule has 3 aromatic rings. The van der Waals surface area contributed by atoms with Gasteiger partial charge in [0.05, 0.1) is 11.4 Å². The van der Waals surface area contributed by atoms with Crippen LogP contribution in [0.3, 0.4) is 0 Å². The quantitative estimate of drug-likeness (QED) is 0.640. The number of piperazine rings is 1. The fourth-order valence-electron chi connectivity index (χ4n) is 3.68. The van der Waals surface area contributed by atoms with Crippen molar-refractivity contribution < 1.29 is 9.53 Å². The van der Waals surface area contributed by atoms with Crippen molar-refractivity contribution in [3.8, 4) is 11.5 Å². The highest BCUT2D eigenvalue weighted by molar-refractivity contribution is 6.06. The van der Waals surface area contributed by atoms with Gasteiger partial charge in [0.2, 0.25) is 0 Å². The molecule has 0 saturated carbocycles. The third-order valence-corrected chi connectivity index (χ3v) is 5.39. The molecule has 0 atom stereocenters. The molecule has 1 aliphatic rings. The second-order valence-electron chi connectivity index (χ2n) is 7.34. The normalized spacial score (nSPS) is 14.4. The van der Waals surface area contributed by atoms with Gasteiger partial charge < -0.3 is 19.9 Å². The first kappa shape index (κ1) is 20.0. The van der Waals surface area contributed by atoms with E-state index >= 15 is 0 Å². The fraction of sp³-hybridized carbons (Fsp3) is 0.240. The summed E-state index contributed by atoms with van der Waals surface area (Å²) < 4.78 is 5.87. The molecule has 5 heteroatoms. The minimum absolute atomic E-state index is 0.145. The van der Waals surface area contributed by atoms with E-state index in [1.807, 2.05) is 60.7 Å². The van der Waals surface area contributed by atoms with Crippen LogP contribution in [-0.4, -0.2) is 43.5 Å². The highest BCUT2D eigenvalue weighted by atomic mass is 16.5. The van der Waals surface area contributed by atoms with E-state index < -0.39 is 0 Å². The first-order valence-corrected chi connectivity index (χ1v) is 10.4. The fourth-order valence-corrected chi connectivity index (χ4v) is 3.68. The number of rotatable bonds is 6. The van der Waals surface area contributed by atoms with Crippen LogP contribution in [0.4, 0.5) is 11.4 Å². The van der Waals surface area contributed by atoms with Gasteiger partial charge in [-0.2, -0.15) is 0 Å². The van der Waals surface area contributed by atoms with Gasteiger partial charge in [-0.05, 0) is 49.0 Å². The highest BCUT2D eigenvalue weighted by Gasteiger charge is 2.19. The van der Waals surface area contributed by atoms with Crippen molar-refractivity contribution in [3.63, 3.8) is 0 Å². The molecule has 1 heterocycles. The van der Waals surface area contributed by atoms with Gasteiger partial charge >= 0.3 is 0 Å². The molecule has 1 aliphatic heterocycles. The van der Waals surface area contributed by atoms with Gasteiger partial charge in [-0.25, -0.2) is 0 Å². The Kier molecular flexibility index (Phi) is 6.30. The number of amides is 1. The first-order valence-electron chi connectivity index (χ1n) is 10.4. The van der Waals surface area contributed by atoms with Gasteiger partial charge in [-0.3, -0.25) is 4.79 Å². The van der Waals surface area contributed by atoms with E-state index in [0.717, 1.165) is 49.8 Å². The maximum absolute atomic E-state index is 13.0. The summed E-state index contributed by atoms with van der Waals surface area (Å²) in [5, 5.41) is 3.09. The van der Waals surface area contributed by atoms with E-state index in [1.165, 1.54) is 0 Å². The van der Waals surface area contributed by atoms with Gasteiger partial charge in [-0.15, -0.1) is 0 Å². The van der Waals surface area contributed by atoms with Crippen molar-refractivity contribution in [3.05, 3.63) is 84.4 Å². The van der Waals surface area contributed by atoms with E-state index in [9.17, 15) is 4.79 Å². The number of likely N-dealkylation sites (N-methyl/N-ethyl adjacent to an activating group) is 1. The summed E-state index contributed by atoms with van der Waals surface area (Å²) in [5.74, 6) is 1.23. The van der Waals surface area contributed by atoms with E-state index in [0.29, 0.717) is 11.3 Å². The molecule has 0 radical (unpaired) electrons. The van der Waals surface area contributed by atoms with Crippen LogP contribution in [0.1, 0.15) is 17.3 Å². The Hall–Kier alpha value is -3.31. The summed E-state index contributed by atoms with van der Waals surface area (Å²) >= 11 is 0. The van der Waals surface area contributed by atoms with Crippen molar-refractivity contribution in [2.75, 3.05) is 42.9 Å². The zero-order valence-electron chi connectivity index (χ0n) is 17.3. The number of nitrogens with zero attached hydrogens (tertiary/aromatic N) is 2. The number of carbonyl (C=O) groups excluding carboxylic acids is 1. The molecule has 1 N–H and O–H groups in total. The third-order valence-electron chi connectivity index (χ3n) is 5.39. The van der Waals surface area contributed by atoms with Gasteiger partial charge in [0.25, 0.3) is 5.91 Å². The summed E-state index contributed by atoms with van der Waals surface area (Å²) in [7, 11) is 0. The maximum atomic E-state index is 13.0. The Morgan fingerprint density at radius 3 is 2.33 bits per heavy atom. The van der Waals surface area contributed by atoms with Gasteiger partial charge in [0, 0.05) is 31.7 Å².